The number of aryl methyl sites for hydroxylation is 2. The Kier molecular flexibility index (Phi) is 5.26. The van der Waals surface area contributed by atoms with Gasteiger partial charge in [0.25, 0.3) is 11.5 Å². The molecule has 1 amide bonds. The van der Waals surface area contributed by atoms with E-state index in [1.54, 1.807) is 6.07 Å². The quantitative estimate of drug-likeness (QED) is 0.898. The molecule has 1 aromatic carbocycles. The molecule has 0 aliphatic heterocycles. The van der Waals surface area contributed by atoms with E-state index in [9.17, 15) is 9.59 Å². The fraction of sp³-hybridized carbons (Fsp3) is 0.267. The van der Waals surface area contributed by atoms with E-state index < -0.39 is 5.91 Å². The summed E-state index contributed by atoms with van der Waals surface area (Å²) >= 11 is 7.68. The molecule has 1 aromatic heterocycles. The molecular formula is C15H16ClN3O2S. The van der Waals surface area contributed by atoms with Crippen molar-refractivity contribution in [3.05, 3.63) is 56.2 Å². The van der Waals surface area contributed by atoms with Crippen molar-refractivity contribution in [2.45, 2.75) is 19.6 Å². The summed E-state index contributed by atoms with van der Waals surface area (Å²) in [6.45, 7) is 3.79. The SMILES string of the molecule is CSCc1nc(C(=O)Nc2c(C)cc(C)cc2Cl)cc(=O)[nH]1. The Morgan fingerprint density at radius 2 is 2.09 bits per heavy atom. The number of benzene rings is 1. The van der Waals surface area contributed by atoms with Gasteiger partial charge in [0.2, 0.25) is 0 Å². The van der Waals surface area contributed by atoms with E-state index in [-0.39, 0.29) is 11.3 Å². The van der Waals surface area contributed by atoms with E-state index in [0.29, 0.717) is 22.3 Å². The van der Waals surface area contributed by atoms with Crippen LogP contribution in [0.4, 0.5) is 5.69 Å². The van der Waals surface area contributed by atoms with Crippen LogP contribution in [-0.2, 0) is 5.75 Å². The number of halogens is 1. The van der Waals surface area contributed by atoms with Crippen LogP contribution < -0.4 is 10.9 Å². The van der Waals surface area contributed by atoms with E-state index in [2.05, 4.69) is 15.3 Å². The Hall–Kier alpha value is -1.79. The number of aromatic nitrogens is 2. The third kappa shape index (κ3) is 3.90. The van der Waals surface area contributed by atoms with Gasteiger partial charge in [-0.2, -0.15) is 11.8 Å². The van der Waals surface area contributed by atoms with Gasteiger partial charge >= 0.3 is 0 Å². The van der Waals surface area contributed by atoms with Gasteiger partial charge in [0, 0.05) is 6.07 Å². The first-order chi connectivity index (χ1) is 10.4. The van der Waals surface area contributed by atoms with Gasteiger partial charge < -0.3 is 10.3 Å². The zero-order valence-corrected chi connectivity index (χ0v) is 14.1. The van der Waals surface area contributed by atoms with Gasteiger partial charge in [-0.25, -0.2) is 4.98 Å². The van der Waals surface area contributed by atoms with Crippen LogP contribution in [0.1, 0.15) is 27.4 Å². The number of carbonyl (C=O) groups is 1. The maximum absolute atomic E-state index is 12.3. The molecule has 0 radical (unpaired) electrons. The van der Waals surface area contributed by atoms with Crippen molar-refractivity contribution in [2.24, 2.45) is 0 Å². The van der Waals surface area contributed by atoms with Crippen molar-refractivity contribution < 1.29 is 4.79 Å². The lowest BCUT2D eigenvalue weighted by Gasteiger charge is -2.11. The molecule has 0 saturated carbocycles. The summed E-state index contributed by atoms with van der Waals surface area (Å²) in [6, 6.07) is 4.87. The van der Waals surface area contributed by atoms with E-state index in [4.69, 9.17) is 11.6 Å². The standard InChI is InChI=1S/C15H16ClN3O2S/c1-8-4-9(2)14(10(16)5-8)19-15(21)11-6-13(20)18-12(17-11)7-22-3/h4-6H,7H2,1-3H3,(H,19,21)(H,17,18,20). The summed E-state index contributed by atoms with van der Waals surface area (Å²) in [5.74, 6) is 0.542. The van der Waals surface area contributed by atoms with E-state index in [1.807, 2.05) is 26.2 Å². The molecule has 0 atom stereocenters. The average Bonchev–Trinajstić information content (AvgIpc) is 2.42. The normalized spacial score (nSPS) is 10.5. The Labute approximate surface area is 137 Å². The summed E-state index contributed by atoms with van der Waals surface area (Å²) < 4.78 is 0. The molecule has 2 aromatic rings. The molecule has 0 spiro atoms. The molecule has 0 saturated heterocycles. The number of thioether (sulfide) groups is 1. The zero-order valence-electron chi connectivity index (χ0n) is 12.5. The molecule has 0 fully saturated rings. The number of aromatic amines is 1. The topological polar surface area (TPSA) is 74.8 Å². The van der Waals surface area contributed by atoms with Gasteiger partial charge in [-0.05, 0) is 37.3 Å². The van der Waals surface area contributed by atoms with Crippen molar-refractivity contribution in [1.82, 2.24) is 9.97 Å². The van der Waals surface area contributed by atoms with Gasteiger partial charge in [0.1, 0.15) is 11.5 Å². The Bertz CT molecular complexity index is 751. The first-order valence-electron chi connectivity index (χ1n) is 6.58. The number of carbonyl (C=O) groups excluding carboxylic acids is 1. The number of hydrogen-bond donors (Lipinski definition) is 2. The lowest BCUT2D eigenvalue weighted by Crippen LogP contribution is -2.20. The van der Waals surface area contributed by atoms with Crippen molar-refractivity contribution in [3.63, 3.8) is 0 Å². The second-order valence-corrected chi connectivity index (χ2v) is 6.18. The van der Waals surface area contributed by atoms with Crippen LogP contribution in [0.25, 0.3) is 0 Å². The summed E-state index contributed by atoms with van der Waals surface area (Å²) in [7, 11) is 0. The van der Waals surface area contributed by atoms with Gasteiger partial charge in [-0.3, -0.25) is 9.59 Å². The molecule has 7 heteroatoms. The summed E-state index contributed by atoms with van der Waals surface area (Å²) in [5, 5.41) is 3.18. The molecule has 0 unspecified atom stereocenters. The lowest BCUT2D eigenvalue weighted by atomic mass is 10.1. The maximum atomic E-state index is 12.3. The van der Waals surface area contributed by atoms with Crippen LogP contribution >= 0.6 is 23.4 Å². The van der Waals surface area contributed by atoms with Crippen LogP contribution in [0.3, 0.4) is 0 Å². The largest absolute Gasteiger partial charge is 0.319 e. The lowest BCUT2D eigenvalue weighted by molar-refractivity contribution is 0.102. The minimum absolute atomic E-state index is 0.0730. The average molecular weight is 338 g/mol. The molecule has 1 heterocycles. The second-order valence-electron chi connectivity index (χ2n) is 4.90. The number of amides is 1. The Morgan fingerprint density at radius 1 is 1.36 bits per heavy atom. The minimum Gasteiger partial charge on any atom is -0.319 e. The Morgan fingerprint density at radius 3 is 2.73 bits per heavy atom. The highest BCUT2D eigenvalue weighted by atomic mass is 35.5. The highest BCUT2D eigenvalue weighted by Gasteiger charge is 2.14. The molecule has 116 valence electrons. The first-order valence-corrected chi connectivity index (χ1v) is 8.35. The number of anilines is 1. The monoisotopic (exact) mass is 337 g/mol. The fourth-order valence-corrected chi connectivity index (χ4v) is 2.86. The zero-order chi connectivity index (χ0) is 16.3. The van der Waals surface area contributed by atoms with Crippen molar-refractivity contribution in [3.8, 4) is 0 Å². The maximum Gasteiger partial charge on any atom is 0.274 e. The van der Waals surface area contributed by atoms with E-state index >= 15 is 0 Å². The molecule has 0 aliphatic carbocycles. The Balaban J connectivity index is 2.32. The van der Waals surface area contributed by atoms with E-state index in [1.165, 1.54) is 17.8 Å². The van der Waals surface area contributed by atoms with Crippen molar-refractivity contribution >= 4 is 35.0 Å². The summed E-state index contributed by atoms with van der Waals surface area (Å²) in [6.07, 6.45) is 1.89. The smallest absolute Gasteiger partial charge is 0.274 e. The second kappa shape index (κ2) is 6.98. The molecule has 0 bridgehead atoms. The number of rotatable bonds is 4. The van der Waals surface area contributed by atoms with Gasteiger partial charge in [-0.15, -0.1) is 0 Å². The molecule has 22 heavy (non-hydrogen) atoms. The molecule has 5 nitrogen and oxygen atoms in total. The van der Waals surface area contributed by atoms with Crippen molar-refractivity contribution in [1.29, 1.82) is 0 Å². The van der Waals surface area contributed by atoms with Crippen LogP contribution in [0.2, 0.25) is 5.02 Å². The summed E-state index contributed by atoms with van der Waals surface area (Å²) in [4.78, 5) is 30.7. The number of nitrogens with one attached hydrogen (secondary N) is 2. The predicted octanol–water partition coefficient (Wildman–Crippen LogP) is 3.16. The summed E-state index contributed by atoms with van der Waals surface area (Å²) in [5.41, 5.74) is 2.12. The van der Waals surface area contributed by atoms with Gasteiger partial charge in [0.05, 0.1) is 16.5 Å². The van der Waals surface area contributed by atoms with Crippen LogP contribution in [0, 0.1) is 13.8 Å². The predicted molar refractivity (Wildman–Crippen MR) is 91.0 cm³/mol. The molecule has 0 aliphatic rings. The van der Waals surface area contributed by atoms with E-state index in [0.717, 1.165) is 11.1 Å². The van der Waals surface area contributed by atoms with Gasteiger partial charge in [-0.1, -0.05) is 17.7 Å². The fourth-order valence-electron chi connectivity index (χ4n) is 2.08. The number of nitrogens with zero attached hydrogens (tertiary/aromatic N) is 1. The molecule has 2 rings (SSSR count). The highest BCUT2D eigenvalue weighted by Crippen LogP contribution is 2.27. The third-order valence-electron chi connectivity index (χ3n) is 2.97. The third-order valence-corrected chi connectivity index (χ3v) is 3.83. The first kappa shape index (κ1) is 16.6. The highest BCUT2D eigenvalue weighted by molar-refractivity contribution is 7.97. The molecule has 2 N–H and O–H groups in total. The van der Waals surface area contributed by atoms with Crippen LogP contribution in [0.15, 0.2) is 23.0 Å². The number of H-pyrrole nitrogens is 1. The molecular weight excluding hydrogens is 322 g/mol. The minimum atomic E-state index is -0.456. The van der Waals surface area contributed by atoms with Crippen molar-refractivity contribution in [2.75, 3.05) is 11.6 Å². The van der Waals surface area contributed by atoms with Crippen LogP contribution in [-0.4, -0.2) is 22.1 Å². The van der Waals surface area contributed by atoms with Gasteiger partial charge in [0.15, 0.2) is 0 Å². The van der Waals surface area contributed by atoms with Crippen LogP contribution in [0.5, 0.6) is 0 Å². The number of hydrogen-bond acceptors (Lipinski definition) is 4.